The van der Waals surface area contributed by atoms with Crippen LogP contribution in [0.2, 0.25) is 5.02 Å². The van der Waals surface area contributed by atoms with Crippen LogP contribution in [-0.4, -0.2) is 36.6 Å². The standard InChI is InChI=1S/C23H18ClFN6O2/c24-17-8-19(18(25)7-16(17)12-1-2-15-9-26-11-30(15)10-12)27-23(33)31-14-3-4-20(31)22-13(5-14)6-21(32)28-29-22/h1-2,6-11,14,20H,3-5H2,(H,27,33)(H,28,32)/t14-,20+/m0/s1. The van der Waals surface area contributed by atoms with E-state index < -0.39 is 11.8 Å². The summed E-state index contributed by atoms with van der Waals surface area (Å²) in [5.74, 6) is -0.583. The van der Waals surface area contributed by atoms with Gasteiger partial charge in [-0.1, -0.05) is 17.7 Å². The van der Waals surface area contributed by atoms with Crippen LogP contribution in [0.3, 0.4) is 0 Å². The number of amides is 2. The van der Waals surface area contributed by atoms with Crippen LogP contribution in [0, 0.1) is 5.82 Å². The summed E-state index contributed by atoms with van der Waals surface area (Å²) in [6, 6.07) is 7.28. The Morgan fingerprint density at radius 2 is 2.12 bits per heavy atom. The minimum absolute atomic E-state index is 0.0112. The quantitative estimate of drug-likeness (QED) is 0.465. The van der Waals surface area contributed by atoms with Crippen LogP contribution in [0.1, 0.15) is 30.1 Å². The van der Waals surface area contributed by atoms with Gasteiger partial charge in [-0.25, -0.2) is 19.3 Å². The molecule has 2 atom stereocenters. The van der Waals surface area contributed by atoms with Crippen LogP contribution < -0.4 is 10.9 Å². The molecular weight excluding hydrogens is 447 g/mol. The van der Waals surface area contributed by atoms with Gasteiger partial charge in [-0.2, -0.15) is 5.10 Å². The smallest absolute Gasteiger partial charge is 0.313 e. The highest BCUT2D eigenvalue weighted by atomic mass is 35.5. The van der Waals surface area contributed by atoms with E-state index in [9.17, 15) is 9.59 Å². The Kier molecular flexibility index (Phi) is 4.48. The third kappa shape index (κ3) is 3.27. The van der Waals surface area contributed by atoms with Gasteiger partial charge in [-0.05, 0) is 48.6 Å². The number of hydrogen-bond donors (Lipinski definition) is 2. The van der Waals surface area contributed by atoms with Gasteiger partial charge < -0.3 is 14.6 Å². The van der Waals surface area contributed by atoms with Crippen molar-refractivity contribution in [3.05, 3.63) is 81.5 Å². The number of H-pyrrole nitrogens is 1. The number of hydrogen-bond acceptors (Lipinski definition) is 4. The van der Waals surface area contributed by atoms with Crippen molar-refractivity contribution in [2.45, 2.75) is 31.3 Å². The lowest BCUT2D eigenvalue weighted by molar-refractivity contribution is 0.177. The van der Waals surface area contributed by atoms with Crippen LogP contribution >= 0.6 is 11.6 Å². The molecule has 5 heterocycles. The minimum atomic E-state index is -0.583. The Balaban J connectivity index is 1.28. The van der Waals surface area contributed by atoms with E-state index in [-0.39, 0.29) is 23.3 Å². The van der Waals surface area contributed by atoms with Gasteiger partial charge in [0.2, 0.25) is 0 Å². The summed E-state index contributed by atoms with van der Waals surface area (Å²) in [6.45, 7) is 0. The van der Waals surface area contributed by atoms with Crippen molar-refractivity contribution < 1.29 is 9.18 Å². The molecule has 6 rings (SSSR count). The third-order valence-corrected chi connectivity index (χ3v) is 6.76. The van der Waals surface area contributed by atoms with Crippen molar-refractivity contribution >= 4 is 28.8 Å². The normalized spacial score (nSPS) is 19.0. The van der Waals surface area contributed by atoms with Crippen LogP contribution in [0.4, 0.5) is 14.9 Å². The van der Waals surface area contributed by atoms with Crippen molar-refractivity contribution in [3.63, 3.8) is 0 Å². The number of anilines is 1. The average Bonchev–Trinajstić information content (AvgIpc) is 3.39. The molecule has 4 aromatic rings. The first kappa shape index (κ1) is 19.9. The molecule has 0 saturated carbocycles. The molecule has 1 aromatic carbocycles. The van der Waals surface area contributed by atoms with Gasteiger partial charge in [0.1, 0.15) is 5.82 Å². The maximum atomic E-state index is 15.0. The second kappa shape index (κ2) is 7.41. The summed E-state index contributed by atoms with van der Waals surface area (Å²) in [5, 5.41) is 9.62. The first-order chi connectivity index (χ1) is 16.0. The molecule has 2 amide bonds. The molecule has 2 N–H and O–H groups in total. The van der Waals surface area contributed by atoms with Crippen molar-refractivity contribution in [2.75, 3.05) is 5.32 Å². The van der Waals surface area contributed by atoms with Gasteiger partial charge in [0.25, 0.3) is 5.56 Å². The zero-order valence-corrected chi connectivity index (χ0v) is 18.0. The van der Waals surface area contributed by atoms with Gasteiger partial charge in [-0.15, -0.1) is 0 Å². The van der Waals surface area contributed by atoms with Gasteiger partial charge in [0.15, 0.2) is 0 Å². The number of rotatable bonds is 2. The molecule has 0 aliphatic carbocycles. The molecule has 1 saturated heterocycles. The summed E-state index contributed by atoms with van der Waals surface area (Å²) < 4.78 is 16.9. The predicted octanol–water partition coefficient (Wildman–Crippen LogP) is 4.17. The Morgan fingerprint density at radius 3 is 3.00 bits per heavy atom. The summed E-state index contributed by atoms with van der Waals surface area (Å²) in [7, 11) is 0. The fraction of sp³-hybridized carbons (Fsp3) is 0.217. The van der Waals surface area contributed by atoms with Crippen LogP contribution in [0.5, 0.6) is 0 Å². The highest BCUT2D eigenvalue weighted by Crippen LogP contribution is 2.42. The topological polar surface area (TPSA) is 95.4 Å². The molecular formula is C23H18ClFN6O2. The van der Waals surface area contributed by atoms with E-state index in [1.54, 1.807) is 23.5 Å². The Labute approximate surface area is 192 Å². The SMILES string of the molecule is O=C(Nc1cc(Cl)c(-c2ccc3cncn3c2)cc1F)N1[C@H]2CC[C@@H]1c1n[nH]c(=O)cc1C2. The number of fused-ring (bicyclic) bond motifs is 5. The Hall–Kier alpha value is -3.72. The number of imidazole rings is 1. The van der Waals surface area contributed by atoms with Gasteiger partial charge >= 0.3 is 6.03 Å². The molecule has 2 bridgehead atoms. The molecule has 3 aromatic heterocycles. The van der Waals surface area contributed by atoms with Crippen molar-refractivity contribution in [3.8, 4) is 11.1 Å². The number of nitrogens with one attached hydrogen (secondary N) is 2. The largest absolute Gasteiger partial charge is 0.322 e. The molecule has 0 spiro atoms. The van der Waals surface area contributed by atoms with Crippen molar-refractivity contribution in [1.82, 2.24) is 24.5 Å². The number of nitrogens with zero attached hydrogens (tertiary/aromatic N) is 4. The molecule has 1 fully saturated rings. The predicted molar refractivity (Wildman–Crippen MR) is 121 cm³/mol. The zero-order valence-electron chi connectivity index (χ0n) is 17.3. The molecule has 33 heavy (non-hydrogen) atoms. The van der Waals surface area contributed by atoms with E-state index >= 15 is 4.39 Å². The first-order valence-corrected chi connectivity index (χ1v) is 10.9. The van der Waals surface area contributed by atoms with E-state index in [2.05, 4.69) is 20.5 Å². The second-order valence-electron chi connectivity index (χ2n) is 8.39. The molecule has 166 valence electrons. The zero-order chi connectivity index (χ0) is 22.7. The average molecular weight is 465 g/mol. The monoisotopic (exact) mass is 464 g/mol. The summed E-state index contributed by atoms with van der Waals surface area (Å²) in [4.78, 5) is 30.5. The minimum Gasteiger partial charge on any atom is -0.313 e. The van der Waals surface area contributed by atoms with E-state index in [4.69, 9.17) is 11.6 Å². The van der Waals surface area contributed by atoms with E-state index in [1.165, 1.54) is 12.1 Å². The highest BCUT2D eigenvalue weighted by molar-refractivity contribution is 6.33. The summed E-state index contributed by atoms with van der Waals surface area (Å²) >= 11 is 6.48. The number of carbonyl (C=O) groups is 1. The number of halogens is 2. The Bertz CT molecular complexity index is 1480. The maximum Gasteiger partial charge on any atom is 0.322 e. The van der Waals surface area contributed by atoms with Crippen molar-refractivity contribution in [2.24, 2.45) is 0 Å². The number of pyridine rings is 1. The molecule has 8 nitrogen and oxygen atoms in total. The number of aromatic amines is 1. The van der Waals surface area contributed by atoms with Gasteiger partial charge in [0.05, 0.1) is 40.5 Å². The third-order valence-electron chi connectivity index (χ3n) is 6.45. The maximum absolute atomic E-state index is 15.0. The number of benzene rings is 1. The van der Waals surface area contributed by atoms with Crippen LogP contribution in [0.15, 0.2) is 53.8 Å². The van der Waals surface area contributed by atoms with Crippen LogP contribution in [0.25, 0.3) is 16.6 Å². The fourth-order valence-corrected chi connectivity index (χ4v) is 5.21. The van der Waals surface area contributed by atoms with Crippen LogP contribution in [-0.2, 0) is 6.42 Å². The van der Waals surface area contributed by atoms with Gasteiger partial charge in [0, 0.05) is 23.9 Å². The Morgan fingerprint density at radius 1 is 1.24 bits per heavy atom. The molecule has 0 radical (unpaired) electrons. The lowest BCUT2D eigenvalue weighted by Gasteiger charge is -2.35. The van der Waals surface area contributed by atoms with E-state index in [0.717, 1.165) is 29.5 Å². The lowest BCUT2D eigenvalue weighted by Crippen LogP contribution is -2.45. The van der Waals surface area contributed by atoms with Gasteiger partial charge in [-0.3, -0.25) is 4.79 Å². The molecule has 2 aliphatic rings. The first-order valence-electron chi connectivity index (χ1n) is 10.6. The van der Waals surface area contributed by atoms with Crippen molar-refractivity contribution in [1.29, 1.82) is 0 Å². The molecule has 2 aliphatic heterocycles. The number of aromatic nitrogens is 4. The summed E-state index contributed by atoms with van der Waals surface area (Å²) in [5.41, 5.74) is 3.48. The number of urea groups is 1. The molecule has 10 heteroatoms. The highest BCUT2D eigenvalue weighted by Gasteiger charge is 2.44. The number of carbonyl (C=O) groups excluding carboxylic acids is 1. The summed E-state index contributed by atoms with van der Waals surface area (Å²) in [6.07, 6.45) is 7.29. The van der Waals surface area contributed by atoms with E-state index in [1.807, 2.05) is 22.7 Å². The second-order valence-corrected chi connectivity index (χ2v) is 8.79. The fourth-order valence-electron chi connectivity index (χ4n) is 4.94. The van der Waals surface area contributed by atoms with E-state index in [0.29, 0.717) is 22.7 Å². The molecule has 0 unspecified atom stereocenters. The lowest BCUT2D eigenvalue weighted by atomic mass is 9.99.